The summed E-state index contributed by atoms with van der Waals surface area (Å²) in [6, 6.07) is 14.8. The third kappa shape index (κ3) is 6.56. The maximum absolute atomic E-state index is 12.7. The van der Waals surface area contributed by atoms with Crippen LogP contribution in [0.4, 0.5) is 0 Å². The molecule has 1 saturated heterocycles. The molecule has 1 atom stereocenters. The smallest absolute Gasteiger partial charge is 0.273 e. The van der Waals surface area contributed by atoms with Crippen LogP contribution in [0.1, 0.15) is 42.6 Å². The number of hydrazine groups is 1. The molecule has 32 heavy (non-hydrogen) atoms. The Morgan fingerprint density at radius 2 is 1.91 bits per heavy atom. The summed E-state index contributed by atoms with van der Waals surface area (Å²) in [5.41, 5.74) is 6.24. The number of hydrogen-bond donors (Lipinski definition) is 2. The second-order valence-electron chi connectivity index (χ2n) is 8.28. The van der Waals surface area contributed by atoms with Crippen LogP contribution in [-0.4, -0.2) is 35.8 Å². The van der Waals surface area contributed by atoms with Crippen molar-refractivity contribution in [3.8, 4) is 5.75 Å². The van der Waals surface area contributed by atoms with E-state index in [9.17, 15) is 14.4 Å². The minimum absolute atomic E-state index is 0.0758. The summed E-state index contributed by atoms with van der Waals surface area (Å²) in [4.78, 5) is 39.3. The molecule has 1 aliphatic heterocycles. The molecule has 0 spiro atoms. The van der Waals surface area contributed by atoms with Crippen molar-refractivity contribution in [1.82, 2.24) is 15.8 Å². The Bertz CT molecular complexity index is 965. The normalized spacial score (nSPS) is 15.7. The molecular formula is C24H28BrN3O4. The zero-order chi connectivity index (χ0) is 23.1. The van der Waals surface area contributed by atoms with E-state index >= 15 is 0 Å². The van der Waals surface area contributed by atoms with E-state index in [1.807, 2.05) is 30.3 Å². The van der Waals surface area contributed by atoms with Gasteiger partial charge in [0, 0.05) is 24.0 Å². The lowest BCUT2D eigenvalue weighted by Gasteiger charge is -2.17. The van der Waals surface area contributed by atoms with Gasteiger partial charge in [0.05, 0.1) is 18.1 Å². The van der Waals surface area contributed by atoms with Crippen molar-refractivity contribution < 1.29 is 19.1 Å². The van der Waals surface area contributed by atoms with Gasteiger partial charge in [0.1, 0.15) is 5.75 Å². The molecule has 170 valence electrons. The molecule has 1 aliphatic rings. The van der Waals surface area contributed by atoms with E-state index in [0.717, 1.165) is 16.5 Å². The highest BCUT2D eigenvalue weighted by atomic mass is 79.9. The van der Waals surface area contributed by atoms with Crippen molar-refractivity contribution in [2.45, 2.75) is 33.2 Å². The summed E-state index contributed by atoms with van der Waals surface area (Å²) in [5, 5.41) is 0. The number of benzene rings is 2. The molecule has 0 bridgehead atoms. The minimum Gasteiger partial charge on any atom is -0.493 e. The van der Waals surface area contributed by atoms with E-state index in [2.05, 4.69) is 40.6 Å². The van der Waals surface area contributed by atoms with Gasteiger partial charge in [-0.05, 0) is 36.1 Å². The average molecular weight is 502 g/mol. The Hall–Kier alpha value is -2.87. The first-order valence-electron chi connectivity index (χ1n) is 10.7. The van der Waals surface area contributed by atoms with Crippen LogP contribution in [0.3, 0.4) is 0 Å². The number of amides is 3. The number of carbonyl (C=O) groups is 3. The Labute approximate surface area is 196 Å². The summed E-state index contributed by atoms with van der Waals surface area (Å²) in [7, 11) is 0. The SMILES string of the molecule is CC(C)CCOc1ccc(Br)cc1C(=O)NNC(=O)C1CC(=O)N(Cc2ccccc2)C1. The van der Waals surface area contributed by atoms with Crippen LogP contribution in [-0.2, 0) is 16.1 Å². The van der Waals surface area contributed by atoms with Gasteiger partial charge in [0.25, 0.3) is 5.91 Å². The third-order valence-electron chi connectivity index (χ3n) is 5.24. The van der Waals surface area contributed by atoms with Crippen LogP contribution in [0.2, 0.25) is 0 Å². The molecule has 3 rings (SSSR count). The van der Waals surface area contributed by atoms with Gasteiger partial charge in [-0.2, -0.15) is 0 Å². The summed E-state index contributed by atoms with van der Waals surface area (Å²) in [6.07, 6.45) is 0.984. The maximum atomic E-state index is 12.7. The van der Waals surface area contributed by atoms with Gasteiger partial charge in [-0.1, -0.05) is 60.1 Å². The molecule has 2 aromatic carbocycles. The molecule has 0 radical (unpaired) electrons. The Kier molecular flexibility index (Phi) is 8.27. The largest absolute Gasteiger partial charge is 0.493 e. The first-order chi connectivity index (χ1) is 15.3. The van der Waals surface area contributed by atoms with Crippen molar-refractivity contribution in [2.75, 3.05) is 13.2 Å². The van der Waals surface area contributed by atoms with Crippen LogP contribution in [0, 0.1) is 11.8 Å². The molecule has 1 fully saturated rings. The molecule has 3 amide bonds. The van der Waals surface area contributed by atoms with Gasteiger partial charge in [-0.3, -0.25) is 25.2 Å². The van der Waals surface area contributed by atoms with E-state index in [4.69, 9.17) is 4.74 Å². The van der Waals surface area contributed by atoms with E-state index in [-0.39, 0.29) is 18.2 Å². The lowest BCUT2D eigenvalue weighted by atomic mass is 10.1. The number of nitrogens with zero attached hydrogens (tertiary/aromatic N) is 1. The van der Waals surface area contributed by atoms with Crippen molar-refractivity contribution in [1.29, 1.82) is 0 Å². The topological polar surface area (TPSA) is 87.7 Å². The second kappa shape index (κ2) is 11.1. The summed E-state index contributed by atoms with van der Waals surface area (Å²) in [5.74, 6) is -0.531. The summed E-state index contributed by atoms with van der Waals surface area (Å²) < 4.78 is 6.49. The molecule has 2 aromatic rings. The number of likely N-dealkylation sites (tertiary alicyclic amines) is 1. The van der Waals surface area contributed by atoms with E-state index in [1.165, 1.54) is 0 Å². The van der Waals surface area contributed by atoms with E-state index < -0.39 is 11.8 Å². The van der Waals surface area contributed by atoms with Gasteiger partial charge in [0.2, 0.25) is 11.8 Å². The van der Waals surface area contributed by atoms with Crippen LogP contribution in [0.5, 0.6) is 5.75 Å². The molecule has 0 saturated carbocycles. The second-order valence-corrected chi connectivity index (χ2v) is 9.19. The molecule has 8 heteroatoms. The number of halogens is 1. The van der Waals surface area contributed by atoms with Gasteiger partial charge in [0.15, 0.2) is 0 Å². The van der Waals surface area contributed by atoms with Crippen molar-refractivity contribution in [3.63, 3.8) is 0 Å². The fraction of sp³-hybridized carbons (Fsp3) is 0.375. The summed E-state index contributed by atoms with van der Waals surface area (Å²) in [6.45, 7) is 5.47. The highest BCUT2D eigenvalue weighted by Gasteiger charge is 2.34. The molecule has 7 nitrogen and oxygen atoms in total. The number of nitrogens with one attached hydrogen (secondary N) is 2. The minimum atomic E-state index is -0.518. The number of hydrogen-bond acceptors (Lipinski definition) is 4. The highest BCUT2D eigenvalue weighted by Crippen LogP contribution is 2.24. The van der Waals surface area contributed by atoms with Gasteiger partial charge in [-0.15, -0.1) is 0 Å². The monoisotopic (exact) mass is 501 g/mol. The van der Waals surface area contributed by atoms with E-state index in [1.54, 1.807) is 23.1 Å². The van der Waals surface area contributed by atoms with Crippen molar-refractivity contribution in [2.24, 2.45) is 11.8 Å². The van der Waals surface area contributed by atoms with Crippen LogP contribution in [0.25, 0.3) is 0 Å². The van der Waals surface area contributed by atoms with Crippen LogP contribution < -0.4 is 15.6 Å². The molecule has 2 N–H and O–H groups in total. The van der Waals surface area contributed by atoms with Gasteiger partial charge >= 0.3 is 0 Å². The molecular weight excluding hydrogens is 474 g/mol. The van der Waals surface area contributed by atoms with Crippen LogP contribution in [0.15, 0.2) is 53.0 Å². The molecule has 0 aromatic heterocycles. The predicted octanol–water partition coefficient (Wildman–Crippen LogP) is 3.68. The zero-order valence-electron chi connectivity index (χ0n) is 18.3. The zero-order valence-corrected chi connectivity index (χ0v) is 19.9. The van der Waals surface area contributed by atoms with Gasteiger partial charge in [-0.25, -0.2) is 0 Å². The van der Waals surface area contributed by atoms with Crippen molar-refractivity contribution in [3.05, 3.63) is 64.1 Å². The first-order valence-corrected chi connectivity index (χ1v) is 11.5. The molecule has 1 unspecified atom stereocenters. The molecule has 0 aliphatic carbocycles. The first kappa shape index (κ1) is 23.8. The maximum Gasteiger partial charge on any atom is 0.273 e. The number of ether oxygens (including phenoxy) is 1. The van der Waals surface area contributed by atoms with E-state index in [0.29, 0.717) is 36.9 Å². The highest BCUT2D eigenvalue weighted by molar-refractivity contribution is 9.10. The number of rotatable bonds is 8. The van der Waals surface area contributed by atoms with Crippen LogP contribution >= 0.6 is 15.9 Å². The fourth-order valence-corrected chi connectivity index (χ4v) is 3.76. The standard InChI is InChI=1S/C24H28BrN3O4/c1-16(2)10-11-32-21-9-8-19(25)13-20(21)24(31)27-26-23(30)18-12-22(29)28(15-18)14-17-6-4-3-5-7-17/h3-9,13,16,18H,10-12,14-15H2,1-2H3,(H,26,30)(H,27,31). The quantitative estimate of drug-likeness (QED) is 0.540. The Morgan fingerprint density at radius 1 is 1.16 bits per heavy atom. The number of carbonyl (C=O) groups excluding carboxylic acids is 3. The molecule has 1 heterocycles. The third-order valence-corrected chi connectivity index (χ3v) is 5.73. The lowest BCUT2D eigenvalue weighted by molar-refractivity contribution is -0.129. The lowest BCUT2D eigenvalue weighted by Crippen LogP contribution is -2.45. The Morgan fingerprint density at radius 3 is 2.62 bits per heavy atom. The summed E-state index contributed by atoms with van der Waals surface area (Å²) >= 11 is 3.36. The Balaban J connectivity index is 1.55. The predicted molar refractivity (Wildman–Crippen MR) is 125 cm³/mol. The fourth-order valence-electron chi connectivity index (χ4n) is 3.40. The average Bonchev–Trinajstić information content (AvgIpc) is 3.13. The van der Waals surface area contributed by atoms with Gasteiger partial charge < -0.3 is 9.64 Å². The van der Waals surface area contributed by atoms with Crippen molar-refractivity contribution >= 4 is 33.7 Å².